The SMILES string of the molecule is C=CCCC/C(=C/C)OCc1ccccc1. The van der Waals surface area contributed by atoms with Gasteiger partial charge in [-0.05, 0) is 31.4 Å². The second-order valence-electron chi connectivity index (χ2n) is 3.71. The smallest absolute Gasteiger partial charge is 0.113 e. The minimum absolute atomic E-state index is 0.661. The first kappa shape index (κ1) is 12.6. The molecule has 0 aliphatic carbocycles. The summed E-state index contributed by atoms with van der Waals surface area (Å²) in [5.74, 6) is 1.07. The van der Waals surface area contributed by atoms with Gasteiger partial charge >= 0.3 is 0 Å². The fourth-order valence-corrected chi connectivity index (χ4v) is 1.47. The zero-order valence-electron chi connectivity index (χ0n) is 9.99. The van der Waals surface area contributed by atoms with Crippen molar-refractivity contribution in [1.82, 2.24) is 0 Å². The summed E-state index contributed by atoms with van der Waals surface area (Å²) >= 11 is 0. The third-order valence-corrected chi connectivity index (χ3v) is 2.42. The highest BCUT2D eigenvalue weighted by Gasteiger charge is 1.97. The maximum Gasteiger partial charge on any atom is 0.113 e. The van der Waals surface area contributed by atoms with Gasteiger partial charge in [0.15, 0.2) is 0 Å². The van der Waals surface area contributed by atoms with Gasteiger partial charge < -0.3 is 4.74 Å². The number of allylic oxidation sites excluding steroid dienone is 3. The van der Waals surface area contributed by atoms with Crippen molar-refractivity contribution in [2.45, 2.75) is 32.8 Å². The number of hydrogen-bond donors (Lipinski definition) is 0. The molecule has 86 valence electrons. The summed E-state index contributed by atoms with van der Waals surface area (Å²) in [5.41, 5.74) is 1.21. The van der Waals surface area contributed by atoms with Gasteiger partial charge in [0.1, 0.15) is 6.61 Å². The monoisotopic (exact) mass is 216 g/mol. The third-order valence-electron chi connectivity index (χ3n) is 2.42. The first-order valence-corrected chi connectivity index (χ1v) is 5.79. The Bertz CT molecular complexity index is 325. The van der Waals surface area contributed by atoms with Crippen LogP contribution in [0.25, 0.3) is 0 Å². The second-order valence-corrected chi connectivity index (χ2v) is 3.71. The highest BCUT2D eigenvalue weighted by molar-refractivity contribution is 5.13. The van der Waals surface area contributed by atoms with Crippen molar-refractivity contribution in [1.29, 1.82) is 0 Å². The van der Waals surface area contributed by atoms with Crippen molar-refractivity contribution in [2.24, 2.45) is 0 Å². The van der Waals surface area contributed by atoms with Crippen LogP contribution in [0.15, 0.2) is 54.8 Å². The molecule has 16 heavy (non-hydrogen) atoms. The molecule has 0 atom stereocenters. The molecule has 0 bridgehead atoms. The van der Waals surface area contributed by atoms with Gasteiger partial charge in [-0.25, -0.2) is 0 Å². The van der Waals surface area contributed by atoms with E-state index in [0.29, 0.717) is 6.61 Å². The standard InChI is InChI=1S/C15H20O/c1-3-5-7-12-15(4-2)16-13-14-10-8-6-9-11-14/h3-4,6,8-11H,1,5,7,12-13H2,2H3/b15-4-. The van der Waals surface area contributed by atoms with Crippen molar-refractivity contribution < 1.29 is 4.74 Å². The molecule has 0 saturated heterocycles. The number of unbranched alkanes of at least 4 members (excludes halogenated alkanes) is 1. The molecule has 0 N–H and O–H groups in total. The molecule has 1 rings (SSSR count). The van der Waals surface area contributed by atoms with Crippen LogP contribution < -0.4 is 0 Å². The van der Waals surface area contributed by atoms with E-state index in [9.17, 15) is 0 Å². The van der Waals surface area contributed by atoms with E-state index in [-0.39, 0.29) is 0 Å². The fourth-order valence-electron chi connectivity index (χ4n) is 1.47. The summed E-state index contributed by atoms with van der Waals surface area (Å²) in [6.07, 6.45) is 7.15. The van der Waals surface area contributed by atoms with Crippen LogP contribution in [0, 0.1) is 0 Å². The van der Waals surface area contributed by atoms with Crippen LogP contribution >= 0.6 is 0 Å². The van der Waals surface area contributed by atoms with E-state index >= 15 is 0 Å². The highest BCUT2D eigenvalue weighted by atomic mass is 16.5. The topological polar surface area (TPSA) is 9.23 Å². The zero-order chi connectivity index (χ0) is 11.6. The van der Waals surface area contributed by atoms with Crippen LogP contribution in [0.1, 0.15) is 31.7 Å². The second kappa shape index (κ2) is 7.75. The maximum atomic E-state index is 5.75. The van der Waals surface area contributed by atoms with Crippen LogP contribution in [-0.2, 0) is 11.3 Å². The molecule has 0 aliphatic heterocycles. The van der Waals surface area contributed by atoms with Crippen LogP contribution in [0.2, 0.25) is 0 Å². The predicted molar refractivity (Wildman–Crippen MR) is 69.0 cm³/mol. The van der Waals surface area contributed by atoms with Crippen molar-refractivity contribution in [3.8, 4) is 0 Å². The molecule has 0 heterocycles. The van der Waals surface area contributed by atoms with E-state index in [1.54, 1.807) is 0 Å². The Morgan fingerprint density at radius 1 is 1.31 bits per heavy atom. The molecular formula is C15H20O. The number of ether oxygens (including phenoxy) is 1. The normalized spacial score (nSPS) is 11.2. The van der Waals surface area contributed by atoms with Gasteiger partial charge in [-0.3, -0.25) is 0 Å². The highest BCUT2D eigenvalue weighted by Crippen LogP contribution is 2.12. The third kappa shape index (κ3) is 4.83. The number of hydrogen-bond acceptors (Lipinski definition) is 1. The van der Waals surface area contributed by atoms with Crippen molar-refractivity contribution >= 4 is 0 Å². The van der Waals surface area contributed by atoms with Gasteiger partial charge in [-0.1, -0.05) is 36.4 Å². The van der Waals surface area contributed by atoms with E-state index in [1.807, 2.05) is 37.3 Å². The Labute approximate surface area is 98.5 Å². The first-order valence-electron chi connectivity index (χ1n) is 5.79. The zero-order valence-corrected chi connectivity index (χ0v) is 9.99. The number of rotatable bonds is 7. The molecule has 1 nitrogen and oxygen atoms in total. The van der Waals surface area contributed by atoms with Gasteiger partial charge in [-0.2, -0.15) is 0 Å². The van der Waals surface area contributed by atoms with Crippen LogP contribution in [0.5, 0.6) is 0 Å². The number of benzene rings is 1. The van der Waals surface area contributed by atoms with E-state index in [4.69, 9.17) is 4.74 Å². The summed E-state index contributed by atoms with van der Waals surface area (Å²) < 4.78 is 5.75. The van der Waals surface area contributed by atoms with E-state index in [0.717, 1.165) is 25.0 Å². The lowest BCUT2D eigenvalue weighted by Gasteiger charge is -2.09. The molecular weight excluding hydrogens is 196 g/mol. The van der Waals surface area contributed by atoms with Crippen LogP contribution in [0.3, 0.4) is 0 Å². The lowest BCUT2D eigenvalue weighted by molar-refractivity contribution is 0.187. The minimum Gasteiger partial charge on any atom is -0.494 e. The van der Waals surface area contributed by atoms with Crippen molar-refractivity contribution in [2.75, 3.05) is 0 Å². The Kier molecular flexibility index (Phi) is 6.09. The fraction of sp³-hybridized carbons (Fsp3) is 0.333. The molecule has 0 fully saturated rings. The summed E-state index contributed by atoms with van der Waals surface area (Å²) in [7, 11) is 0. The maximum absolute atomic E-state index is 5.75. The summed E-state index contributed by atoms with van der Waals surface area (Å²) in [6.45, 7) is 6.40. The molecule has 1 heteroatoms. The van der Waals surface area contributed by atoms with Gasteiger partial charge in [-0.15, -0.1) is 6.58 Å². The average Bonchev–Trinajstić information content (AvgIpc) is 2.35. The lowest BCUT2D eigenvalue weighted by Crippen LogP contribution is -1.93. The van der Waals surface area contributed by atoms with Crippen molar-refractivity contribution in [3.05, 3.63) is 60.4 Å². The molecule has 1 aromatic rings. The first-order chi connectivity index (χ1) is 7.86. The molecule has 0 unspecified atom stereocenters. The Morgan fingerprint density at radius 2 is 2.06 bits per heavy atom. The van der Waals surface area contributed by atoms with Crippen LogP contribution in [-0.4, -0.2) is 0 Å². The Balaban J connectivity index is 2.32. The molecule has 1 aromatic carbocycles. The molecule has 0 amide bonds. The van der Waals surface area contributed by atoms with Gasteiger partial charge in [0.2, 0.25) is 0 Å². The quantitative estimate of drug-likeness (QED) is 0.371. The minimum atomic E-state index is 0.661. The summed E-state index contributed by atoms with van der Waals surface area (Å²) in [5, 5.41) is 0. The molecule has 0 aliphatic rings. The van der Waals surface area contributed by atoms with Crippen molar-refractivity contribution in [3.63, 3.8) is 0 Å². The Morgan fingerprint density at radius 3 is 2.69 bits per heavy atom. The van der Waals surface area contributed by atoms with Gasteiger partial charge in [0, 0.05) is 6.42 Å². The van der Waals surface area contributed by atoms with E-state index in [1.165, 1.54) is 5.56 Å². The predicted octanol–water partition coefficient (Wildman–Crippen LogP) is 4.46. The average molecular weight is 216 g/mol. The lowest BCUT2D eigenvalue weighted by atomic mass is 10.2. The molecule has 0 saturated carbocycles. The summed E-state index contributed by atoms with van der Waals surface area (Å²) in [6, 6.07) is 10.2. The summed E-state index contributed by atoms with van der Waals surface area (Å²) in [4.78, 5) is 0. The van der Waals surface area contributed by atoms with Gasteiger partial charge in [0.25, 0.3) is 0 Å². The van der Waals surface area contributed by atoms with Gasteiger partial charge in [0.05, 0.1) is 5.76 Å². The molecule has 0 aromatic heterocycles. The largest absolute Gasteiger partial charge is 0.494 e. The van der Waals surface area contributed by atoms with E-state index in [2.05, 4.69) is 18.7 Å². The molecule has 0 spiro atoms. The molecule has 0 radical (unpaired) electrons. The Hall–Kier alpha value is -1.50. The van der Waals surface area contributed by atoms with Crippen LogP contribution in [0.4, 0.5) is 0 Å². The van der Waals surface area contributed by atoms with E-state index < -0.39 is 0 Å².